The van der Waals surface area contributed by atoms with Crippen molar-refractivity contribution in [3.63, 3.8) is 0 Å². The van der Waals surface area contributed by atoms with Gasteiger partial charge in [0.05, 0.1) is 34.1 Å². The van der Waals surface area contributed by atoms with Crippen molar-refractivity contribution >= 4 is 17.3 Å². The summed E-state index contributed by atoms with van der Waals surface area (Å²) in [4.78, 5) is 9.24. The molecule has 8 nitrogen and oxygen atoms in total. The standard InChI is InChI=1S/C22H22N4O4/c1-27-17-7-5-14(11-19(17)29-3)16-13-21-23-9-10-26(21)22(25-16)24-15-6-8-18(28-2)20(12-15)30-4/h5-13H,1-4H3,(H,24,25). The van der Waals surface area contributed by atoms with Gasteiger partial charge in [0.25, 0.3) is 0 Å². The van der Waals surface area contributed by atoms with Crippen LogP contribution in [0.15, 0.2) is 54.9 Å². The number of nitrogens with zero attached hydrogens (tertiary/aromatic N) is 3. The topological polar surface area (TPSA) is 79.1 Å². The number of ether oxygens (including phenoxy) is 4. The summed E-state index contributed by atoms with van der Waals surface area (Å²) in [7, 11) is 6.42. The van der Waals surface area contributed by atoms with Crippen LogP contribution < -0.4 is 24.3 Å². The van der Waals surface area contributed by atoms with E-state index in [0.717, 1.165) is 22.6 Å². The monoisotopic (exact) mass is 406 g/mol. The maximum atomic E-state index is 5.43. The summed E-state index contributed by atoms with van der Waals surface area (Å²) in [6, 6.07) is 13.2. The summed E-state index contributed by atoms with van der Waals surface area (Å²) < 4.78 is 23.3. The molecule has 0 saturated heterocycles. The molecule has 0 aliphatic heterocycles. The van der Waals surface area contributed by atoms with Gasteiger partial charge in [0.2, 0.25) is 5.95 Å². The fraction of sp³-hybridized carbons (Fsp3) is 0.182. The summed E-state index contributed by atoms with van der Waals surface area (Å²) in [5.41, 5.74) is 3.20. The minimum absolute atomic E-state index is 0.613. The number of benzene rings is 2. The van der Waals surface area contributed by atoms with Crippen LogP contribution in [0.3, 0.4) is 0 Å². The van der Waals surface area contributed by atoms with Crippen LogP contribution in [0.25, 0.3) is 16.9 Å². The van der Waals surface area contributed by atoms with E-state index in [0.29, 0.717) is 28.9 Å². The fourth-order valence-electron chi connectivity index (χ4n) is 3.20. The van der Waals surface area contributed by atoms with Gasteiger partial charge in [0, 0.05) is 35.8 Å². The van der Waals surface area contributed by atoms with E-state index in [1.807, 2.05) is 53.1 Å². The van der Waals surface area contributed by atoms with Crippen LogP contribution in [0.2, 0.25) is 0 Å². The van der Waals surface area contributed by atoms with Gasteiger partial charge in [0.15, 0.2) is 23.0 Å². The minimum Gasteiger partial charge on any atom is -0.493 e. The largest absolute Gasteiger partial charge is 0.493 e. The Kier molecular flexibility index (Phi) is 5.30. The van der Waals surface area contributed by atoms with Crippen LogP contribution in [0.1, 0.15) is 0 Å². The first-order valence-electron chi connectivity index (χ1n) is 9.22. The lowest BCUT2D eigenvalue weighted by atomic mass is 10.1. The van der Waals surface area contributed by atoms with Gasteiger partial charge in [-0.2, -0.15) is 0 Å². The second-order valence-electron chi connectivity index (χ2n) is 6.38. The number of methoxy groups -OCH3 is 4. The average molecular weight is 406 g/mol. The Hall–Kier alpha value is -3.94. The lowest BCUT2D eigenvalue weighted by molar-refractivity contribution is 0.355. The van der Waals surface area contributed by atoms with Crippen LogP contribution in [0.4, 0.5) is 11.6 Å². The number of hydrogen-bond acceptors (Lipinski definition) is 7. The van der Waals surface area contributed by atoms with Crippen LogP contribution in [0.5, 0.6) is 23.0 Å². The van der Waals surface area contributed by atoms with Crippen LogP contribution in [-0.4, -0.2) is 42.8 Å². The van der Waals surface area contributed by atoms with Gasteiger partial charge >= 0.3 is 0 Å². The van der Waals surface area contributed by atoms with Gasteiger partial charge < -0.3 is 24.3 Å². The molecule has 2 aromatic heterocycles. The van der Waals surface area contributed by atoms with Crippen LogP contribution in [0, 0.1) is 0 Å². The van der Waals surface area contributed by atoms with Crippen molar-refractivity contribution in [3.05, 3.63) is 54.9 Å². The van der Waals surface area contributed by atoms with E-state index in [-0.39, 0.29) is 0 Å². The normalized spacial score (nSPS) is 10.7. The second-order valence-corrected chi connectivity index (χ2v) is 6.38. The smallest absolute Gasteiger partial charge is 0.213 e. The predicted octanol–water partition coefficient (Wildman–Crippen LogP) is 4.17. The number of fused-ring (bicyclic) bond motifs is 1. The predicted molar refractivity (Wildman–Crippen MR) is 114 cm³/mol. The van der Waals surface area contributed by atoms with Crippen molar-refractivity contribution in [2.24, 2.45) is 0 Å². The summed E-state index contributed by atoms with van der Waals surface area (Å²) in [5, 5.41) is 3.34. The number of aromatic nitrogens is 3. The highest BCUT2D eigenvalue weighted by Crippen LogP contribution is 2.34. The summed E-state index contributed by atoms with van der Waals surface area (Å²) in [6.07, 6.45) is 3.58. The van der Waals surface area contributed by atoms with Crippen molar-refractivity contribution < 1.29 is 18.9 Å². The van der Waals surface area contributed by atoms with E-state index in [9.17, 15) is 0 Å². The summed E-state index contributed by atoms with van der Waals surface area (Å²) in [5.74, 6) is 3.19. The van der Waals surface area contributed by atoms with Gasteiger partial charge in [-0.1, -0.05) is 0 Å². The Morgan fingerprint density at radius 1 is 0.767 bits per heavy atom. The van der Waals surface area contributed by atoms with Crippen LogP contribution >= 0.6 is 0 Å². The van der Waals surface area contributed by atoms with Crippen molar-refractivity contribution in [2.45, 2.75) is 0 Å². The van der Waals surface area contributed by atoms with Gasteiger partial charge in [0.1, 0.15) is 5.65 Å². The molecule has 4 aromatic rings. The molecule has 0 unspecified atom stereocenters. The maximum absolute atomic E-state index is 5.43. The van der Waals surface area contributed by atoms with Crippen molar-refractivity contribution in [2.75, 3.05) is 33.8 Å². The molecule has 0 amide bonds. The lowest BCUT2D eigenvalue weighted by Crippen LogP contribution is -2.03. The van der Waals surface area contributed by atoms with Gasteiger partial charge in [-0.25, -0.2) is 9.97 Å². The lowest BCUT2D eigenvalue weighted by Gasteiger charge is -2.14. The molecule has 0 fully saturated rings. The number of anilines is 2. The fourth-order valence-corrected chi connectivity index (χ4v) is 3.20. The van der Waals surface area contributed by atoms with Gasteiger partial charge in [-0.15, -0.1) is 0 Å². The molecule has 2 heterocycles. The molecule has 0 spiro atoms. The first kappa shape index (κ1) is 19.4. The molecule has 8 heteroatoms. The Morgan fingerprint density at radius 3 is 2.13 bits per heavy atom. The molecule has 0 bridgehead atoms. The van der Waals surface area contributed by atoms with E-state index in [1.165, 1.54) is 0 Å². The van der Waals surface area contributed by atoms with Gasteiger partial charge in [-0.05, 0) is 30.3 Å². The molecule has 2 aromatic carbocycles. The Labute approximate surface area is 174 Å². The molecular weight excluding hydrogens is 384 g/mol. The van der Waals surface area contributed by atoms with Crippen LogP contribution in [-0.2, 0) is 0 Å². The van der Waals surface area contributed by atoms with Gasteiger partial charge in [-0.3, -0.25) is 4.40 Å². The molecule has 0 aliphatic rings. The highest BCUT2D eigenvalue weighted by atomic mass is 16.5. The quantitative estimate of drug-likeness (QED) is 0.493. The van der Waals surface area contributed by atoms with Crippen molar-refractivity contribution in [1.82, 2.24) is 14.4 Å². The molecule has 0 atom stereocenters. The molecule has 30 heavy (non-hydrogen) atoms. The number of rotatable bonds is 7. The third kappa shape index (κ3) is 3.55. The van der Waals surface area contributed by atoms with E-state index < -0.39 is 0 Å². The zero-order valence-electron chi connectivity index (χ0n) is 17.2. The van der Waals surface area contributed by atoms with Crippen molar-refractivity contribution in [1.29, 1.82) is 0 Å². The summed E-state index contributed by atoms with van der Waals surface area (Å²) >= 11 is 0. The molecule has 0 radical (unpaired) electrons. The third-order valence-corrected chi connectivity index (χ3v) is 4.71. The molecule has 1 N–H and O–H groups in total. The zero-order chi connectivity index (χ0) is 21.1. The summed E-state index contributed by atoms with van der Waals surface area (Å²) in [6.45, 7) is 0. The highest BCUT2D eigenvalue weighted by Gasteiger charge is 2.13. The molecule has 0 saturated carbocycles. The first-order valence-corrected chi connectivity index (χ1v) is 9.22. The molecular formula is C22H22N4O4. The molecule has 154 valence electrons. The SMILES string of the molecule is COc1ccc(Nc2nc(-c3ccc(OC)c(OC)c3)cc3nccn23)cc1OC. The van der Waals surface area contributed by atoms with E-state index >= 15 is 0 Å². The van der Waals surface area contributed by atoms with Crippen molar-refractivity contribution in [3.8, 4) is 34.3 Å². The Balaban J connectivity index is 1.77. The zero-order valence-corrected chi connectivity index (χ0v) is 17.2. The average Bonchev–Trinajstić information content (AvgIpc) is 3.27. The Bertz CT molecular complexity index is 1190. The Morgan fingerprint density at radius 2 is 1.43 bits per heavy atom. The van der Waals surface area contributed by atoms with E-state index in [1.54, 1.807) is 34.6 Å². The second kappa shape index (κ2) is 8.20. The number of hydrogen-bond donors (Lipinski definition) is 1. The van der Waals surface area contributed by atoms with E-state index in [4.69, 9.17) is 23.9 Å². The molecule has 0 aliphatic carbocycles. The first-order chi connectivity index (χ1) is 14.7. The number of imidazole rings is 1. The minimum atomic E-state index is 0.613. The molecule has 4 rings (SSSR count). The maximum Gasteiger partial charge on any atom is 0.213 e. The number of nitrogens with one attached hydrogen (secondary N) is 1. The third-order valence-electron chi connectivity index (χ3n) is 4.71. The van der Waals surface area contributed by atoms with E-state index in [2.05, 4.69) is 10.3 Å². The highest BCUT2D eigenvalue weighted by molar-refractivity contribution is 5.70.